The number of nitrogens with zero attached hydrogens (tertiary/aromatic N) is 3. The largest absolute Gasteiger partial charge is 0.355 e. The van der Waals surface area contributed by atoms with Gasteiger partial charge in [-0.3, -0.25) is 9.78 Å². The van der Waals surface area contributed by atoms with E-state index in [1.807, 2.05) is 6.92 Å². The van der Waals surface area contributed by atoms with Gasteiger partial charge in [0.15, 0.2) is 0 Å². The maximum Gasteiger partial charge on any atom is 0.255 e. The zero-order chi connectivity index (χ0) is 16.8. The van der Waals surface area contributed by atoms with Crippen LogP contribution in [-0.4, -0.2) is 42.2 Å². The van der Waals surface area contributed by atoms with E-state index in [1.54, 1.807) is 36.7 Å². The van der Waals surface area contributed by atoms with Crippen molar-refractivity contribution < 1.29 is 0 Å². The van der Waals surface area contributed by atoms with E-state index in [1.165, 1.54) is 0 Å². The lowest BCUT2D eigenvalue weighted by atomic mass is 10.2. The molecule has 0 spiro atoms. The maximum atomic E-state index is 12.1. The molecule has 0 aliphatic heterocycles. The molecule has 3 rings (SSSR count). The third kappa shape index (κ3) is 4.25. The van der Waals surface area contributed by atoms with Crippen LogP contribution in [-0.2, 0) is 12.2 Å². The highest BCUT2D eigenvalue weighted by Crippen LogP contribution is 2.12. The van der Waals surface area contributed by atoms with E-state index in [2.05, 4.69) is 35.2 Å². The average molecular weight is 345 g/mol. The van der Waals surface area contributed by atoms with Crippen molar-refractivity contribution in [3.63, 3.8) is 0 Å². The first-order valence-corrected chi connectivity index (χ1v) is 8.75. The Kier molecular flexibility index (Phi) is 5.32. The van der Waals surface area contributed by atoms with Gasteiger partial charge in [0.1, 0.15) is 5.82 Å². The summed E-state index contributed by atoms with van der Waals surface area (Å²) in [6.45, 7) is 2.73. The molecule has 0 bridgehead atoms. The molecule has 8 nitrogen and oxygen atoms in total. The number of rotatable bonds is 8. The van der Waals surface area contributed by atoms with E-state index in [0.717, 1.165) is 28.7 Å². The van der Waals surface area contributed by atoms with Crippen LogP contribution in [0.3, 0.4) is 0 Å². The first kappa shape index (κ1) is 16.3. The molecule has 9 heteroatoms. The first-order valence-electron chi connectivity index (χ1n) is 7.59. The minimum Gasteiger partial charge on any atom is -0.355 e. The molecule has 0 unspecified atom stereocenters. The smallest absolute Gasteiger partial charge is 0.255 e. The number of hydrogen-bond donors (Lipinski definition) is 4. The number of aryl methyl sites for hydroxylation is 1. The van der Waals surface area contributed by atoms with E-state index in [4.69, 9.17) is 0 Å². The lowest BCUT2D eigenvalue weighted by Gasteiger charge is -2.06. The number of imidazole rings is 2. The molecule has 126 valence electrons. The van der Waals surface area contributed by atoms with E-state index < -0.39 is 0 Å². The summed E-state index contributed by atoms with van der Waals surface area (Å²) in [5.74, 6) is 2.99. The van der Waals surface area contributed by atoms with Gasteiger partial charge in [0, 0.05) is 54.3 Å². The molecular formula is C15H19N7OS. The third-order valence-corrected chi connectivity index (χ3v) is 4.47. The quantitative estimate of drug-likeness (QED) is 0.460. The Balaban J connectivity index is 1.45. The zero-order valence-electron chi connectivity index (χ0n) is 13.3. The van der Waals surface area contributed by atoms with Crippen LogP contribution < -0.4 is 10.9 Å². The highest BCUT2D eigenvalue weighted by molar-refractivity contribution is 7.98. The lowest BCUT2D eigenvalue weighted by Crippen LogP contribution is -2.18. The Hall–Kier alpha value is -2.55. The standard InChI is InChI=1S/C15H19N7OS/c1-10-12(21-9-20-10)8-24-5-4-18-15-19-7-11(14(23)22-15)6-13-16-2-3-17-13/h2-3,7,9H,4-6,8H2,1H3,(H,16,17)(H,20,21)(H2,18,19,22,23). The SMILES string of the molecule is Cc1[nH]cnc1CSCCNc1ncc(Cc2ncc[nH]2)c(=O)[nH]1. The van der Waals surface area contributed by atoms with Crippen molar-refractivity contribution >= 4 is 17.7 Å². The van der Waals surface area contributed by atoms with Crippen LogP contribution in [0.25, 0.3) is 0 Å². The van der Waals surface area contributed by atoms with Crippen molar-refractivity contribution in [3.8, 4) is 0 Å². The highest BCUT2D eigenvalue weighted by atomic mass is 32.2. The number of hydrogen-bond acceptors (Lipinski definition) is 6. The molecule has 3 aromatic heterocycles. The molecule has 0 aliphatic carbocycles. The molecule has 24 heavy (non-hydrogen) atoms. The first-order chi connectivity index (χ1) is 11.7. The van der Waals surface area contributed by atoms with Gasteiger partial charge in [-0.05, 0) is 6.92 Å². The molecule has 0 fully saturated rings. The monoisotopic (exact) mass is 345 g/mol. The summed E-state index contributed by atoms with van der Waals surface area (Å²) < 4.78 is 0. The molecule has 0 aromatic carbocycles. The van der Waals surface area contributed by atoms with E-state index >= 15 is 0 Å². The maximum absolute atomic E-state index is 12.1. The molecule has 0 saturated carbocycles. The Labute approximate surface area is 143 Å². The van der Waals surface area contributed by atoms with Crippen LogP contribution in [0.2, 0.25) is 0 Å². The molecule has 0 amide bonds. The van der Waals surface area contributed by atoms with Crippen molar-refractivity contribution in [2.24, 2.45) is 0 Å². The number of nitrogens with one attached hydrogen (secondary N) is 4. The number of thioether (sulfide) groups is 1. The molecule has 0 radical (unpaired) electrons. The minimum absolute atomic E-state index is 0.149. The number of aromatic nitrogens is 6. The van der Waals surface area contributed by atoms with Crippen molar-refractivity contribution in [2.75, 3.05) is 17.6 Å². The van der Waals surface area contributed by atoms with Crippen molar-refractivity contribution in [1.29, 1.82) is 0 Å². The summed E-state index contributed by atoms with van der Waals surface area (Å²) in [7, 11) is 0. The second-order valence-electron chi connectivity index (χ2n) is 5.25. The number of aromatic amines is 3. The summed E-state index contributed by atoms with van der Waals surface area (Å²) >= 11 is 1.78. The van der Waals surface area contributed by atoms with Gasteiger partial charge in [-0.25, -0.2) is 15.0 Å². The molecule has 0 atom stereocenters. The Morgan fingerprint density at radius 1 is 1.25 bits per heavy atom. The van der Waals surface area contributed by atoms with Crippen LogP contribution in [0.15, 0.2) is 29.7 Å². The summed E-state index contributed by atoms with van der Waals surface area (Å²) in [6.07, 6.45) is 7.13. The van der Waals surface area contributed by atoms with Gasteiger partial charge < -0.3 is 15.3 Å². The van der Waals surface area contributed by atoms with Crippen molar-refractivity contribution in [3.05, 3.63) is 58.0 Å². The third-order valence-electron chi connectivity index (χ3n) is 3.50. The molecule has 0 saturated heterocycles. The predicted octanol–water partition coefficient (Wildman–Crippen LogP) is 1.46. The van der Waals surface area contributed by atoms with E-state index in [9.17, 15) is 4.79 Å². The Bertz CT molecular complexity index is 824. The summed E-state index contributed by atoms with van der Waals surface area (Å²) in [4.78, 5) is 33.5. The second kappa shape index (κ2) is 7.82. The van der Waals surface area contributed by atoms with E-state index in [-0.39, 0.29) is 5.56 Å². The Morgan fingerprint density at radius 2 is 2.17 bits per heavy atom. The van der Waals surface area contributed by atoms with Gasteiger partial charge in [0.25, 0.3) is 5.56 Å². The topological polar surface area (TPSA) is 115 Å². The van der Waals surface area contributed by atoms with Gasteiger partial charge in [-0.2, -0.15) is 11.8 Å². The van der Waals surface area contributed by atoms with Gasteiger partial charge >= 0.3 is 0 Å². The van der Waals surface area contributed by atoms with Gasteiger partial charge in [0.2, 0.25) is 5.95 Å². The Morgan fingerprint density at radius 3 is 2.88 bits per heavy atom. The van der Waals surface area contributed by atoms with E-state index in [0.29, 0.717) is 24.5 Å². The van der Waals surface area contributed by atoms with Crippen molar-refractivity contribution in [2.45, 2.75) is 19.1 Å². The van der Waals surface area contributed by atoms with Crippen LogP contribution in [0.4, 0.5) is 5.95 Å². The van der Waals surface area contributed by atoms with Crippen molar-refractivity contribution in [1.82, 2.24) is 29.9 Å². The molecule has 3 heterocycles. The summed E-state index contributed by atoms with van der Waals surface area (Å²) in [5.41, 5.74) is 2.62. The average Bonchev–Trinajstić information content (AvgIpc) is 3.22. The van der Waals surface area contributed by atoms with Crippen LogP contribution in [0.5, 0.6) is 0 Å². The van der Waals surface area contributed by atoms with Gasteiger partial charge in [0.05, 0.1) is 12.0 Å². The summed E-state index contributed by atoms with van der Waals surface area (Å²) in [6, 6.07) is 0. The van der Waals surface area contributed by atoms with Crippen LogP contribution >= 0.6 is 11.8 Å². The summed E-state index contributed by atoms with van der Waals surface area (Å²) in [5, 5.41) is 3.13. The van der Waals surface area contributed by atoms with Gasteiger partial charge in [-0.15, -0.1) is 0 Å². The fraction of sp³-hybridized carbons (Fsp3) is 0.333. The molecule has 3 aromatic rings. The molecule has 0 aliphatic rings. The fourth-order valence-corrected chi connectivity index (χ4v) is 3.03. The normalized spacial score (nSPS) is 10.9. The number of anilines is 1. The van der Waals surface area contributed by atoms with Crippen LogP contribution in [0.1, 0.15) is 22.8 Å². The zero-order valence-corrected chi connectivity index (χ0v) is 14.1. The minimum atomic E-state index is -0.149. The number of H-pyrrole nitrogens is 3. The second-order valence-corrected chi connectivity index (χ2v) is 6.36. The molecule has 4 N–H and O–H groups in total. The lowest BCUT2D eigenvalue weighted by molar-refractivity contribution is 0.960. The van der Waals surface area contributed by atoms with Crippen LogP contribution in [0, 0.1) is 6.92 Å². The molecular weight excluding hydrogens is 326 g/mol. The van der Waals surface area contributed by atoms with Gasteiger partial charge in [-0.1, -0.05) is 0 Å². The predicted molar refractivity (Wildman–Crippen MR) is 94.2 cm³/mol. The fourth-order valence-electron chi connectivity index (χ4n) is 2.16. The highest BCUT2D eigenvalue weighted by Gasteiger charge is 2.05.